The van der Waals surface area contributed by atoms with Crippen LogP contribution in [0.2, 0.25) is 0 Å². The molecule has 0 aliphatic heterocycles. The Kier molecular flexibility index (Phi) is 6.49. The van der Waals surface area contributed by atoms with Gasteiger partial charge in [0.05, 0.1) is 0 Å². The minimum atomic E-state index is 0.640. The third-order valence-electron chi connectivity index (χ3n) is 4.27. The standard InChI is InChI=1S/C20H27N/c1-18(15-16-20-12-7-4-8-13-20)21(2)17-9-14-19-10-5-3-6-11-19/h3-8,10-13,18H,9,14-17H2,1-2H3. The maximum atomic E-state index is 2.49. The molecule has 1 heteroatoms. The predicted octanol–water partition coefficient (Wildman–Crippen LogP) is 4.57. The van der Waals surface area contributed by atoms with E-state index in [2.05, 4.69) is 79.5 Å². The first-order valence-electron chi connectivity index (χ1n) is 8.04. The average molecular weight is 281 g/mol. The van der Waals surface area contributed by atoms with Crippen molar-refractivity contribution in [3.8, 4) is 0 Å². The number of hydrogen-bond donors (Lipinski definition) is 0. The number of aryl methyl sites for hydroxylation is 2. The molecule has 1 atom stereocenters. The fourth-order valence-electron chi connectivity index (χ4n) is 2.64. The van der Waals surface area contributed by atoms with E-state index in [4.69, 9.17) is 0 Å². The lowest BCUT2D eigenvalue weighted by Crippen LogP contribution is -2.30. The van der Waals surface area contributed by atoms with Crippen molar-refractivity contribution in [3.63, 3.8) is 0 Å². The minimum Gasteiger partial charge on any atom is -0.304 e. The highest BCUT2D eigenvalue weighted by molar-refractivity contribution is 5.15. The summed E-state index contributed by atoms with van der Waals surface area (Å²) in [6.45, 7) is 3.51. The van der Waals surface area contributed by atoms with Crippen molar-refractivity contribution in [2.45, 2.75) is 38.6 Å². The number of rotatable bonds is 8. The van der Waals surface area contributed by atoms with Gasteiger partial charge in [0.15, 0.2) is 0 Å². The first kappa shape index (κ1) is 15.8. The molecule has 2 aromatic rings. The lowest BCUT2D eigenvalue weighted by Gasteiger charge is -2.24. The third kappa shape index (κ3) is 5.73. The molecule has 0 aromatic heterocycles. The summed E-state index contributed by atoms with van der Waals surface area (Å²) >= 11 is 0. The molecule has 1 unspecified atom stereocenters. The van der Waals surface area contributed by atoms with Crippen LogP contribution in [0.1, 0.15) is 30.9 Å². The summed E-state index contributed by atoms with van der Waals surface area (Å²) in [5.41, 5.74) is 2.89. The molecule has 0 aliphatic rings. The van der Waals surface area contributed by atoms with E-state index in [9.17, 15) is 0 Å². The fourth-order valence-corrected chi connectivity index (χ4v) is 2.64. The summed E-state index contributed by atoms with van der Waals surface area (Å²) in [7, 11) is 2.25. The molecule has 2 rings (SSSR count). The van der Waals surface area contributed by atoms with Gasteiger partial charge in [-0.25, -0.2) is 0 Å². The third-order valence-corrected chi connectivity index (χ3v) is 4.27. The molecule has 0 N–H and O–H groups in total. The first-order valence-corrected chi connectivity index (χ1v) is 8.04. The Morgan fingerprint density at radius 3 is 1.90 bits per heavy atom. The van der Waals surface area contributed by atoms with Crippen molar-refractivity contribution in [3.05, 3.63) is 71.8 Å². The van der Waals surface area contributed by atoms with Crippen LogP contribution >= 0.6 is 0 Å². The Morgan fingerprint density at radius 1 is 0.810 bits per heavy atom. The van der Waals surface area contributed by atoms with Crippen LogP contribution in [0.25, 0.3) is 0 Å². The zero-order chi connectivity index (χ0) is 14.9. The number of nitrogens with zero attached hydrogens (tertiary/aromatic N) is 1. The molecule has 0 amide bonds. The van der Waals surface area contributed by atoms with Gasteiger partial charge < -0.3 is 4.90 Å². The maximum Gasteiger partial charge on any atom is 0.00670 e. The summed E-state index contributed by atoms with van der Waals surface area (Å²) in [5, 5.41) is 0. The van der Waals surface area contributed by atoms with Crippen LogP contribution in [-0.2, 0) is 12.8 Å². The van der Waals surface area contributed by atoms with Crippen LogP contribution in [0, 0.1) is 0 Å². The fraction of sp³-hybridized carbons (Fsp3) is 0.400. The van der Waals surface area contributed by atoms with E-state index in [1.165, 1.54) is 43.4 Å². The van der Waals surface area contributed by atoms with Crippen molar-refractivity contribution in [1.29, 1.82) is 0 Å². The molecule has 0 saturated carbocycles. The van der Waals surface area contributed by atoms with Crippen LogP contribution in [0.4, 0.5) is 0 Å². The number of hydrogen-bond acceptors (Lipinski definition) is 1. The van der Waals surface area contributed by atoms with Crippen LogP contribution in [0.3, 0.4) is 0 Å². The highest BCUT2D eigenvalue weighted by atomic mass is 15.1. The Morgan fingerprint density at radius 2 is 1.33 bits per heavy atom. The van der Waals surface area contributed by atoms with Crippen molar-refractivity contribution >= 4 is 0 Å². The zero-order valence-corrected chi connectivity index (χ0v) is 13.3. The second-order valence-electron chi connectivity index (χ2n) is 5.94. The van der Waals surface area contributed by atoms with Crippen LogP contribution in [-0.4, -0.2) is 24.5 Å². The zero-order valence-electron chi connectivity index (χ0n) is 13.3. The molecule has 0 spiro atoms. The molecular formula is C20H27N. The van der Waals surface area contributed by atoms with Crippen LogP contribution in [0.15, 0.2) is 60.7 Å². The molecule has 2 aromatic carbocycles. The van der Waals surface area contributed by atoms with Gasteiger partial charge >= 0.3 is 0 Å². The molecule has 0 radical (unpaired) electrons. The Hall–Kier alpha value is -1.60. The Labute approximate surface area is 129 Å². The molecule has 1 nitrogen and oxygen atoms in total. The van der Waals surface area contributed by atoms with E-state index in [1.807, 2.05) is 0 Å². The summed E-state index contributed by atoms with van der Waals surface area (Å²) in [5.74, 6) is 0. The van der Waals surface area contributed by atoms with Gasteiger partial charge in [0.2, 0.25) is 0 Å². The second-order valence-corrected chi connectivity index (χ2v) is 5.94. The molecule has 0 bridgehead atoms. The van der Waals surface area contributed by atoms with Gasteiger partial charge in [-0.3, -0.25) is 0 Å². The lowest BCUT2D eigenvalue weighted by molar-refractivity contribution is 0.243. The maximum absolute atomic E-state index is 2.49. The van der Waals surface area contributed by atoms with E-state index in [-0.39, 0.29) is 0 Å². The quantitative estimate of drug-likeness (QED) is 0.685. The lowest BCUT2D eigenvalue weighted by atomic mass is 10.0. The first-order chi connectivity index (χ1) is 10.3. The largest absolute Gasteiger partial charge is 0.304 e. The minimum absolute atomic E-state index is 0.640. The van der Waals surface area contributed by atoms with Crippen molar-refractivity contribution < 1.29 is 0 Å². The van der Waals surface area contributed by atoms with Gasteiger partial charge in [-0.15, -0.1) is 0 Å². The van der Waals surface area contributed by atoms with Gasteiger partial charge in [0.1, 0.15) is 0 Å². The van der Waals surface area contributed by atoms with Gasteiger partial charge in [-0.1, -0.05) is 60.7 Å². The summed E-state index contributed by atoms with van der Waals surface area (Å²) < 4.78 is 0. The average Bonchev–Trinajstić information content (AvgIpc) is 2.54. The molecule has 21 heavy (non-hydrogen) atoms. The van der Waals surface area contributed by atoms with E-state index in [0.717, 1.165) is 0 Å². The highest BCUT2D eigenvalue weighted by Gasteiger charge is 2.08. The van der Waals surface area contributed by atoms with E-state index in [1.54, 1.807) is 0 Å². The molecule has 0 fully saturated rings. The molecule has 112 valence electrons. The summed E-state index contributed by atoms with van der Waals surface area (Å²) in [4.78, 5) is 2.49. The van der Waals surface area contributed by atoms with E-state index >= 15 is 0 Å². The summed E-state index contributed by atoms with van der Waals surface area (Å²) in [6, 6.07) is 22.2. The van der Waals surface area contributed by atoms with Crippen molar-refractivity contribution in [2.75, 3.05) is 13.6 Å². The van der Waals surface area contributed by atoms with Gasteiger partial charge in [0.25, 0.3) is 0 Å². The van der Waals surface area contributed by atoms with Gasteiger partial charge in [0, 0.05) is 6.04 Å². The van der Waals surface area contributed by atoms with E-state index < -0.39 is 0 Å². The highest BCUT2D eigenvalue weighted by Crippen LogP contribution is 2.10. The predicted molar refractivity (Wildman–Crippen MR) is 91.6 cm³/mol. The second kappa shape index (κ2) is 8.63. The summed E-state index contributed by atoms with van der Waals surface area (Å²) in [6.07, 6.45) is 4.81. The topological polar surface area (TPSA) is 3.24 Å². The molecule has 0 aliphatic carbocycles. The SMILES string of the molecule is CC(CCc1ccccc1)N(C)CCCc1ccccc1. The Balaban J connectivity index is 1.66. The molecular weight excluding hydrogens is 254 g/mol. The van der Waals surface area contributed by atoms with Crippen molar-refractivity contribution in [1.82, 2.24) is 4.90 Å². The molecule has 0 heterocycles. The Bertz CT molecular complexity index is 492. The van der Waals surface area contributed by atoms with Gasteiger partial charge in [-0.2, -0.15) is 0 Å². The van der Waals surface area contributed by atoms with Crippen molar-refractivity contribution in [2.24, 2.45) is 0 Å². The van der Waals surface area contributed by atoms with E-state index in [0.29, 0.717) is 6.04 Å². The van der Waals surface area contributed by atoms with Crippen LogP contribution in [0.5, 0.6) is 0 Å². The normalized spacial score (nSPS) is 12.5. The van der Waals surface area contributed by atoms with Gasteiger partial charge in [-0.05, 0) is 57.3 Å². The molecule has 0 saturated heterocycles. The number of benzene rings is 2. The monoisotopic (exact) mass is 281 g/mol. The smallest absolute Gasteiger partial charge is 0.00670 e. The van der Waals surface area contributed by atoms with Crippen LogP contribution < -0.4 is 0 Å².